The molecule has 174 valence electrons. The zero-order valence-corrected chi connectivity index (χ0v) is 20.1. The molecule has 8 nitrogen and oxygen atoms in total. The number of benzene rings is 1. The summed E-state index contributed by atoms with van der Waals surface area (Å²) in [5.74, 6) is 1.65. The zero-order chi connectivity index (χ0) is 23.5. The highest BCUT2D eigenvalue weighted by molar-refractivity contribution is 7.15. The van der Waals surface area contributed by atoms with Gasteiger partial charge >= 0.3 is 0 Å². The maximum absolute atomic E-state index is 12.8. The number of hydrogen-bond donors (Lipinski definition) is 1. The van der Waals surface area contributed by atoms with Crippen LogP contribution in [0.25, 0.3) is 16.4 Å². The van der Waals surface area contributed by atoms with Crippen molar-refractivity contribution >= 4 is 23.1 Å². The van der Waals surface area contributed by atoms with E-state index >= 15 is 0 Å². The average Bonchev–Trinajstić information content (AvgIpc) is 3.53. The number of piperidine rings is 1. The number of nitrogens with one attached hydrogen (secondary N) is 1. The minimum absolute atomic E-state index is 0.0108. The molecule has 1 N–H and O–H groups in total. The topological polar surface area (TPSA) is 88.8 Å². The normalized spacial score (nSPS) is 14.4. The van der Waals surface area contributed by atoms with Gasteiger partial charge in [-0.05, 0) is 50.5 Å². The van der Waals surface area contributed by atoms with Gasteiger partial charge in [-0.15, -0.1) is 21.5 Å². The van der Waals surface area contributed by atoms with Gasteiger partial charge in [-0.2, -0.15) is 5.10 Å². The Balaban J connectivity index is 1.14. The van der Waals surface area contributed by atoms with Gasteiger partial charge < -0.3 is 10.2 Å². The van der Waals surface area contributed by atoms with Gasteiger partial charge in [0.2, 0.25) is 5.91 Å². The third-order valence-corrected chi connectivity index (χ3v) is 7.45. The number of carbonyl (C=O) groups excluding carboxylic acids is 1. The number of carbonyl (C=O) groups is 1. The van der Waals surface area contributed by atoms with Gasteiger partial charge in [-0.1, -0.05) is 24.3 Å². The molecule has 1 saturated heterocycles. The molecule has 0 spiro atoms. The van der Waals surface area contributed by atoms with Gasteiger partial charge in [0.05, 0.1) is 12.2 Å². The summed E-state index contributed by atoms with van der Waals surface area (Å²) in [7, 11) is 0. The molecule has 1 aliphatic rings. The molecule has 1 aromatic carbocycles. The Morgan fingerprint density at radius 1 is 1.06 bits per heavy atom. The van der Waals surface area contributed by atoms with Crippen molar-refractivity contribution < 1.29 is 4.79 Å². The number of aromatic nitrogens is 5. The SMILES string of the molecule is Cc1ccccc1-c1nc(C)c(CNC(=O)C2CCN(c3ccc(-n4cccn4)nn3)CC2)s1. The quantitative estimate of drug-likeness (QED) is 0.456. The molecule has 4 heterocycles. The third kappa shape index (κ3) is 4.70. The van der Waals surface area contributed by atoms with E-state index < -0.39 is 0 Å². The Kier molecular flexibility index (Phi) is 6.35. The molecular formula is C25H27N7OS. The van der Waals surface area contributed by atoms with E-state index in [2.05, 4.69) is 44.6 Å². The van der Waals surface area contributed by atoms with Crippen molar-refractivity contribution in [3.63, 3.8) is 0 Å². The van der Waals surface area contributed by atoms with Crippen molar-refractivity contribution in [2.75, 3.05) is 18.0 Å². The van der Waals surface area contributed by atoms with Crippen LogP contribution in [0, 0.1) is 19.8 Å². The number of hydrogen-bond acceptors (Lipinski definition) is 7. The molecule has 5 rings (SSSR count). The van der Waals surface area contributed by atoms with Crippen molar-refractivity contribution in [2.45, 2.75) is 33.2 Å². The van der Waals surface area contributed by atoms with E-state index in [1.807, 2.05) is 43.5 Å². The lowest BCUT2D eigenvalue weighted by molar-refractivity contribution is -0.125. The molecule has 9 heteroatoms. The van der Waals surface area contributed by atoms with E-state index in [4.69, 9.17) is 4.98 Å². The lowest BCUT2D eigenvalue weighted by Crippen LogP contribution is -2.40. The van der Waals surface area contributed by atoms with E-state index in [1.165, 1.54) is 5.56 Å². The number of aryl methyl sites for hydroxylation is 2. The monoisotopic (exact) mass is 473 g/mol. The lowest BCUT2D eigenvalue weighted by atomic mass is 9.96. The Morgan fingerprint density at radius 3 is 2.53 bits per heavy atom. The Morgan fingerprint density at radius 2 is 1.82 bits per heavy atom. The summed E-state index contributed by atoms with van der Waals surface area (Å²) < 4.78 is 1.68. The zero-order valence-electron chi connectivity index (χ0n) is 19.3. The van der Waals surface area contributed by atoms with Crippen LogP contribution in [0.5, 0.6) is 0 Å². The van der Waals surface area contributed by atoms with E-state index in [0.717, 1.165) is 52.9 Å². The van der Waals surface area contributed by atoms with Crippen LogP contribution in [0.1, 0.15) is 29.0 Å². The van der Waals surface area contributed by atoms with Gasteiger partial charge in [-0.25, -0.2) is 9.67 Å². The second-order valence-electron chi connectivity index (χ2n) is 8.52. The molecule has 1 fully saturated rings. The van der Waals surface area contributed by atoms with Crippen molar-refractivity contribution in [3.8, 4) is 16.4 Å². The van der Waals surface area contributed by atoms with E-state index in [0.29, 0.717) is 12.4 Å². The van der Waals surface area contributed by atoms with Crippen LogP contribution in [0.15, 0.2) is 54.9 Å². The molecule has 0 saturated carbocycles. The standard InChI is InChI=1S/C25H27N7OS/c1-17-6-3-4-7-20(17)25-28-18(2)21(34-25)16-26-24(33)19-10-14-31(15-11-19)22-8-9-23(30-29-22)32-13-5-12-27-32/h3-9,12-13,19H,10-11,14-16H2,1-2H3,(H,26,33). The third-order valence-electron chi connectivity index (χ3n) is 6.26. The predicted octanol–water partition coefficient (Wildman–Crippen LogP) is 3.94. The summed E-state index contributed by atoms with van der Waals surface area (Å²) in [5, 5.41) is 17.0. The summed E-state index contributed by atoms with van der Waals surface area (Å²) in [4.78, 5) is 20.9. The first-order valence-electron chi connectivity index (χ1n) is 11.5. The van der Waals surface area contributed by atoms with Crippen molar-refractivity contribution in [1.82, 2.24) is 30.3 Å². The number of anilines is 1. The van der Waals surface area contributed by atoms with Crippen LogP contribution in [0.2, 0.25) is 0 Å². The predicted molar refractivity (Wildman–Crippen MR) is 133 cm³/mol. The summed E-state index contributed by atoms with van der Waals surface area (Å²) in [6.45, 7) is 6.20. The molecule has 0 unspecified atom stereocenters. The van der Waals surface area contributed by atoms with Gasteiger partial charge in [0.1, 0.15) is 5.01 Å². The minimum atomic E-state index is 0.0108. The first-order chi connectivity index (χ1) is 16.6. The van der Waals surface area contributed by atoms with E-state index in [-0.39, 0.29) is 11.8 Å². The van der Waals surface area contributed by atoms with Gasteiger partial charge in [0.15, 0.2) is 11.6 Å². The summed E-state index contributed by atoms with van der Waals surface area (Å²) in [6, 6.07) is 14.0. The van der Waals surface area contributed by atoms with Crippen LogP contribution in [0.4, 0.5) is 5.82 Å². The molecular weight excluding hydrogens is 446 g/mol. The van der Waals surface area contributed by atoms with Gasteiger partial charge in [0, 0.05) is 41.8 Å². The molecule has 4 aromatic rings. The first-order valence-corrected chi connectivity index (χ1v) is 12.3. The fourth-order valence-corrected chi connectivity index (χ4v) is 5.31. The molecule has 1 aliphatic heterocycles. The Labute approximate surface area is 202 Å². The maximum atomic E-state index is 12.8. The van der Waals surface area contributed by atoms with Crippen LogP contribution in [0.3, 0.4) is 0 Å². The highest BCUT2D eigenvalue weighted by atomic mass is 32.1. The van der Waals surface area contributed by atoms with Crippen molar-refractivity contribution in [2.24, 2.45) is 5.92 Å². The van der Waals surface area contributed by atoms with Crippen LogP contribution < -0.4 is 10.2 Å². The average molecular weight is 474 g/mol. The number of thiazole rings is 1. The van der Waals surface area contributed by atoms with E-state index in [9.17, 15) is 4.79 Å². The summed E-state index contributed by atoms with van der Waals surface area (Å²) >= 11 is 1.66. The maximum Gasteiger partial charge on any atom is 0.223 e. The van der Waals surface area contributed by atoms with Crippen molar-refractivity contribution in [3.05, 3.63) is 71.0 Å². The molecule has 1 amide bonds. The van der Waals surface area contributed by atoms with Crippen LogP contribution >= 0.6 is 11.3 Å². The highest BCUT2D eigenvalue weighted by Gasteiger charge is 2.26. The Bertz CT molecular complexity index is 1260. The van der Waals surface area contributed by atoms with Crippen molar-refractivity contribution in [1.29, 1.82) is 0 Å². The number of nitrogens with zero attached hydrogens (tertiary/aromatic N) is 6. The Hall–Kier alpha value is -3.59. The minimum Gasteiger partial charge on any atom is -0.355 e. The molecule has 34 heavy (non-hydrogen) atoms. The summed E-state index contributed by atoms with van der Waals surface area (Å²) in [6.07, 6.45) is 5.14. The smallest absolute Gasteiger partial charge is 0.223 e. The molecule has 3 aromatic heterocycles. The van der Waals surface area contributed by atoms with Crippen LogP contribution in [-0.4, -0.2) is 44.0 Å². The highest BCUT2D eigenvalue weighted by Crippen LogP contribution is 2.30. The fraction of sp³-hybridized carbons (Fsp3) is 0.320. The molecule has 0 aliphatic carbocycles. The second kappa shape index (κ2) is 9.72. The van der Waals surface area contributed by atoms with Gasteiger partial charge in [-0.3, -0.25) is 4.79 Å². The fourth-order valence-electron chi connectivity index (χ4n) is 4.22. The summed E-state index contributed by atoms with van der Waals surface area (Å²) in [5.41, 5.74) is 3.34. The van der Waals surface area contributed by atoms with Crippen LogP contribution in [-0.2, 0) is 11.3 Å². The molecule has 0 radical (unpaired) electrons. The lowest BCUT2D eigenvalue weighted by Gasteiger charge is -2.31. The largest absolute Gasteiger partial charge is 0.355 e. The van der Waals surface area contributed by atoms with Gasteiger partial charge in [0.25, 0.3) is 0 Å². The van der Waals surface area contributed by atoms with E-state index in [1.54, 1.807) is 22.2 Å². The second-order valence-corrected chi connectivity index (χ2v) is 9.61. The molecule has 0 bridgehead atoms. The number of rotatable bonds is 6. The first kappa shape index (κ1) is 22.2. The molecule has 0 atom stereocenters. The number of amides is 1.